The molecule has 0 amide bonds. The average Bonchev–Trinajstić information content (AvgIpc) is 2.96. The van der Waals surface area contributed by atoms with E-state index in [0.29, 0.717) is 30.0 Å². The molecule has 0 aliphatic heterocycles. The maximum Gasteiger partial charge on any atom is 0.307 e. The Kier molecular flexibility index (Phi) is 6.60. The summed E-state index contributed by atoms with van der Waals surface area (Å²) >= 11 is 0. The van der Waals surface area contributed by atoms with Crippen LogP contribution in [-0.2, 0) is 14.3 Å². The second-order valence-electron chi connectivity index (χ2n) is 10.7. The van der Waals surface area contributed by atoms with Gasteiger partial charge >= 0.3 is 5.97 Å². The molecule has 0 aromatic carbocycles. The van der Waals surface area contributed by atoms with Gasteiger partial charge in [-0.3, -0.25) is 9.59 Å². The summed E-state index contributed by atoms with van der Waals surface area (Å²) in [6.07, 6.45) is 7.16. The number of halogens is 1. The third kappa shape index (κ3) is 3.68. The van der Waals surface area contributed by atoms with Crippen LogP contribution in [0.5, 0.6) is 0 Å². The third-order valence-corrected chi connectivity index (χ3v) is 9.06. The summed E-state index contributed by atoms with van der Waals surface area (Å²) in [4.78, 5) is 24.7. The van der Waals surface area contributed by atoms with Crippen molar-refractivity contribution in [1.29, 1.82) is 0 Å². The molecule has 4 rings (SSSR count). The second kappa shape index (κ2) is 8.42. The lowest BCUT2D eigenvalue weighted by atomic mass is 9.44. The molecule has 0 radical (unpaired) electrons. The van der Waals surface area contributed by atoms with Gasteiger partial charge in [0.2, 0.25) is 0 Å². The maximum absolute atomic E-state index is 12.6. The molecule has 8 atom stereocenters. The number of ketones is 1. The highest BCUT2D eigenvalue weighted by atomic mass is 35.5. The van der Waals surface area contributed by atoms with Gasteiger partial charge in [-0.2, -0.15) is 0 Å². The molecule has 0 aromatic heterocycles. The van der Waals surface area contributed by atoms with Crippen LogP contribution in [0.4, 0.5) is 0 Å². The van der Waals surface area contributed by atoms with Crippen LogP contribution >= 0.6 is 12.4 Å². The van der Waals surface area contributed by atoms with E-state index in [1.807, 2.05) is 6.92 Å². The number of ether oxygens (including phenoxy) is 1. The topological polar surface area (TPSA) is 102 Å². The van der Waals surface area contributed by atoms with Crippen LogP contribution < -0.4 is 5.73 Å². The van der Waals surface area contributed by atoms with Crippen molar-refractivity contribution in [3.05, 3.63) is 0 Å². The lowest BCUT2D eigenvalue weighted by molar-refractivity contribution is -0.156. The first kappa shape index (κ1) is 23.5. The van der Waals surface area contributed by atoms with Crippen LogP contribution in [0.2, 0.25) is 0 Å². The van der Waals surface area contributed by atoms with Crippen LogP contribution in [0.15, 0.2) is 5.16 Å². The number of nitrogens with zero attached hydrogens (tertiary/aromatic N) is 1. The number of rotatable bonds is 3. The number of Topliss-reactive ketones (excluding diaryl/α,β-unsaturated/α-hetero) is 1. The molecule has 2 unspecified atom stereocenters. The van der Waals surface area contributed by atoms with E-state index in [2.05, 4.69) is 19.0 Å². The minimum Gasteiger partial charge on any atom is -0.462 e. The van der Waals surface area contributed by atoms with E-state index in [1.165, 1.54) is 0 Å². The van der Waals surface area contributed by atoms with E-state index >= 15 is 0 Å². The quantitative estimate of drug-likeness (QED) is 0.390. The van der Waals surface area contributed by atoms with Gasteiger partial charge in [0.05, 0.1) is 12.1 Å². The number of carbonyl (C=O) groups is 2. The highest BCUT2D eigenvalue weighted by Gasteiger charge is 2.62. The number of oxime groups is 1. The first-order valence-corrected chi connectivity index (χ1v) is 11.4. The van der Waals surface area contributed by atoms with Gasteiger partial charge < -0.3 is 15.7 Å². The molecule has 4 saturated carbocycles. The number of fused-ring (bicyclic) bond motifs is 5. The minimum absolute atomic E-state index is 0. The summed E-state index contributed by atoms with van der Waals surface area (Å²) in [6.45, 7) is 6.32. The van der Waals surface area contributed by atoms with Crippen LogP contribution in [-0.4, -0.2) is 34.8 Å². The predicted molar refractivity (Wildman–Crippen MR) is 117 cm³/mol. The van der Waals surface area contributed by atoms with E-state index in [1.54, 1.807) is 0 Å². The van der Waals surface area contributed by atoms with Crippen molar-refractivity contribution in [3.63, 3.8) is 0 Å². The van der Waals surface area contributed by atoms with Crippen molar-refractivity contribution in [2.45, 2.75) is 90.7 Å². The Morgan fingerprint density at radius 3 is 2.67 bits per heavy atom. The number of hydrogen-bond acceptors (Lipinski definition) is 6. The van der Waals surface area contributed by atoms with Crippen molar-refractivity contribution >= 4 is 29.9 Å². The van der Waals surface area contributed by atoms with Crippen molar-refractivity contribution < 1.29 is 19.5 Å². The van der Waals surface area contributed by atoms with Gasteiger partial charge in [-0.25, -0.2) is 0 Å². The number of hydrogen-bond donors (Lipinski definition) is 2. The average molecular weight is 441 g/mol. The van der Waals surface area contributed by atoms with Crippen molar-refractivity contribution in [2.24, 2.45) is 45.4 Å². The monoisotopic (exact) mass is 440 g/mol. The molecule has 3 N–H and O–H groups in total. The Morgan fingerprint density at radius 2 is 2.00 bits per heavy atom. The molecule has 4 fully saturated rings. The summed E-state index contributed by atoms with van der Waals surface area (Å²) in [5, 5.41) is 13.6. The lowest BCUT2D eigenvalue weighted by Gasteiger charge is -2.60. The molecule has 0 spiro atoms. The fraction of sp³-hybridized carbons (Fsp3) is 0.870. The molecule has 7 heteroatoms. The standard InChI is InChI=1S/C23H36N2O4.ClH/c1-13(24)10-21(27)29-14-6-8-22(2)17-7-9-23(3)16(4-5-20(23)26)15(17)12-19(25-28)18(22)11-14;/h13-18,28H,4-12,24H2,1-3H3;1H/b25-19-;/t13-,14?,15-,16-,17+,18?,22+,23-;/m0./s1. The smallest absolute Gasteiger partial charge is 0.307 e. The number of carbonyl (C=O) groups excluding carboxylic acids is 2. The molecular weight excluding hydrogens is 404 g/mol. The third-order valence-electron chi connectivity index (χ3n) is 9.06. The normalized spacial score (nSPS) is 45.0. The summed E-state index contributed by atoms with van der Waals surface area (Å²) in [7, 11) is 0. The van der Waals surface area contributed by atoms with Gasteiger partial charge in [-0.15, -0.1) is 12.4 Å². The first-order chi connectivity index (χ1) is 13.7. The fourth-order valence-corrected chi connectivity index (χ4v) is 7.52. The first-order valence-electron chi connectivity index (χ1n) is 11.4. The van der Waals surface area contributed by atoms with Crippen molar-refractivity contribution in [2.75, 3.05) is 0 Å². The van der Waals surface area contributed by atoms with E-state index in [-0.39, 0.29) is 53.7 Å². The van der Waals surface area contributed by atoms with Crippen LogP contribution in [0.25, 0.3) is 0 Å². The molecule has 0 bridgehead atoms. The van der Waals surface area contributed by atoms with E-state index in [9.17, 15) is 14.8 Å². The minimum atomic E-state index is -0.234. The molecule has 0 aromatic rings. The Bertz CT molecular complexity index is 726. The van der Waals surface area contributed by atoms with Gasteiger partial charge in [0.15, 0.2) is 0 Å². The molecule has 4 aliphatic carbocycles. The summed E-state index contributed by atoms with van der Waals surface area (Å²) < 4.78 is 5.72. The van der Waals surface area contributed by atoms with Crippen molar-refractivity contribution in [1.82, 2.24) is 0 Å². The molecule has 30 heavy (non-hydrogen) atoms. The number of nitrogens with two attached hydrogens (primary N) is 1. The summed E-state index contributed by atoms with van der Waals surface area (Å²) in [6, 6.07) is -0.202. The molecule has 6 nitrogen and oxygen atoms in total. The highest BCUT2D eigenvalue weighted by Crippen LogP contribution is 2.65. The summed E-state index contributed by atoms with van der Waals surface area (Å²) in [5.74, 6) is 1.71. The van der Waals surface area contributed by atoms with Gasteiger partial charge in [-0.1, -0.05) is 19.0 Å². The zero-order valence-electron chi connectivity index (χ0n) is 18.4. The van der Waals surface area contributed by atoms with Crippen LogP contribution in [0.3, 0.4) is 0 Å². The van der Waals surface area contributed by atoms with E-state index in [4.69, 9.17) is 10.5 Å². The molecule has 170 valence electrons. The Balaban J connectivity index is 0.00000256. The Hall–Kier alpha value is -1.14. The highest BCUT2D eigenvalue weighted by molar-refractivity contribution is 5.90. The van der Waals surface area contributed by atoms with E-state index in [0.717, 1.165) is 50.7 Å². The number of esters is 1. The zero-order valence-corrected chi connectivity index (χ0v) is 19.2. The lowest BCUT2D eigenvalue weighted by Crippen LogP contribution is -2.57. The fourth-order valence-electron chi connectivity index (χ4n) is 7.52. The predicted octanol–water partition coefficient (Wildman–Crippen LogP) is 4.11. The van der Waals surface area contributed by atoms with Crippen molar-refractivity contribution in [3.8, 4) is 0 Å². The SMILES string of the molecule is C[C@H](N)CC(=O)OC1CC[C@@]2(C)C(C1)/C(=N\O)C[C@@H]1[C@H]2CC[C@]2(C)C(=O)CC[C@@H]12.Cl. The Labute approximate surface area is 185 Å². The molecule has 0 saturated heterocycles. The van der Waals surface area contributed by atoms with Gasteiger partial charge in [0.1, 0.15) is 11.9 Å². The van der Waals surface area contributed by atoms with Crippen LogP contribution in [0.1, 0.15) is 78.6 Å². The Morgan fingerprint density at radius 1 is 1.27 bits per heavy atom. The molecule has 0 heterocycles. The van der Waals surface area contributed by atoms with E-state index < -0.39 is 0 Å². The van der Waals surface area contributed by atoms with Crippen LogP contribution in [0, 0.1) is 34.5 Å². The zero-order chi connectivity index (χ0) is 21.0. The largest absolute Gasteiger partial charge is 0.462 e. The van der Waals surface area contributed by atoms with Gasteiger partial charge in [0.25, 0.3) is 0 Å². The second-order valence-corrected chi connectivity index (χ2v) is 10.7. The molecular formula is C23H37ClN2O4. The summed E-state index contributed by atoms with van der Waals surface area (Å²) in [5.41, 5.74) is 6.44. The molecule has 4 aliphatic rings. The maximum atomic E-state index is 12.6. The van der Waals surface area contributed by atoms with Gasteiger partial charge in [-0.05, 0) is 75.0 Å². The van der Waals surface area contributed by atoms with Gasteiger partial charge in [0, 0.05) is 23.8 Å².